The van der Waals surface area contributed by atoms with Gasteiger partial charge >= 0.3 is 6.18 Å². The fraction of sp³-hybridized carbons (Fsp3) is 0.600. The number of alkyl halides is 3. The molecule has 0 spiro atoms. The standard InChI is InChI=1S/C10H12F3NO3S/c11-10(12,13)7-2-1-3-8(18(14,15)16)9(7)17-6-4-5-6/h1-3,6,8-9H,4-5H2,(H2,14,15,16). The van der Waals surface area contributed by atoms with Crippen LogP contribution in [0.5, 0.6) is 0 Å². The number of nitrogens with two attached hydrogens (primary N) is 1. The van der Waals surface area contributed by atoms with Crippen LogP contribution >= 0.6 is 0 Å². The van der Waals surface area contributed by atoms with Gasteiger partial charge in [0.15, 0.2) is 0 Å². The molecule has 0 aromatic heterocycles. The molecule has 8 heteroatoms. The topological polar surface area (TPSA) is 69.4 Å². The van der Waals surface area contributed by atoms with Crippen molar-refractivity contribution in [1.29, 1.82) is 0 Å². The van der Waals surface area contributed by atoms with Gasteiger partial charge < -0.3 is 4.74 Å². The third-order valence-electron chi connectivity index (χ3n) is 2.75. The van der Waals surface area contributed by atoms with E-state index >= 15 is 0 Å². The highest BCUT2D eigenvalue weighted by Crippen LogP contribution is 2.38. The summed E-state index contributed by atoms with van der Waals surface area (Å²) >= 11 is 0. The summed E-state index contributed by atoms with van der Waals surface area (Å²) in [5, 5.41) is 3.46. The minimum Gasteiger partial charge on any atom is -0.369 e. The fourth-order valence-electron chi connectivity index (χ4n) is 1.74. The van der Waals surface area contributed by atoms with Gasteiger partial charge in [0.05, 0.1) is 11.7 Å². The molecule has 0 radical (unpaired) electrons. The third-order valence-corrected chi connectivity index (χ3v) is 3.91. The molecule has 1 fully saturated rings. The van der Waals surface area contributed by atoms with Crippen molar-refractivity contribution in [2.75, 3.05) is 0 Å². The van der Waals surface area contributed by atoms with Crippen LogP contribution in [-0.2, 0) is 14.8 Å². The number of hydrogen-bond donors (Lipinski definition) is 1. The van der Waals surface area contributed by atoms with E-state index in [0.29, 0.717) is 12.8 Å². The normalized spacial score (nSPS) is 29.2. The van der Waals surface area contributed by atoms with Crippen molar-refractivity contribution in [2.24, 2.45) is 5.14 Å². The summed E-state index contributed by atoms with van der Waals surface area (Å²) in [5.41, 5.74) is -1.00. The smallest absolute Gasteiger partial charge is 0.369 e. The Kier molecular flexibility index (Phi) is 3.28. The minimum atomic E-state index is -4.63. The Hall–Kier alpha value is -0.860. The van der Waals surface area contributed by atoms with Gasteiger partial charge in [-0.1, -0.05) is 18.2 Å². The van der Waals surface area contributed by atoms with Crippen molar-refractivity contribution in [3.05, 3.63) is 23.8 Å². The maximum absolute atomic E-state index is 12.8. The zero-order valence-corrected chi connectivity index (χ0v) is 10.0. The predicted molar refractivity (Wildman–Crippen MR) is 58.1 cm³/mol. The lowest BCUT2D eigenvalue weighted by atomic mass is 10.0. The van der Waals surface area contributed by atoms with Crippen molar-refractivity contribution in [2.45, 2.75) is 36.5 Å². The Bertz CT molecular complexity index is 491. The molecule has 0 amide bonds. The molecule has 18 heavy (non-hydrogen) atoms. The number of ether oxygens (including phenoxy) is 1. The van der Waals surface area contributed by atoms with Crippen molar-refractivity contribution in [3.63, 3.8) is 0 Å². The predicted octanol–water partition coefficient (Wildman–Crippen LogP) is 1.25. The quantitative estimate of drug-likeness (QED) is 0.847. The monoisotopic (exact) mass is 283 g/mol. The van der Waals surface area contributed by atoms with Gasteiger partial charge in [0.2, 0.25) is 10.0 Å². The molecule has 0 aromatic rings. The van der Waals surface area contributed by atoms with Crippen molar-refractivity contribution in [1.82, 2.24) is 0 Å². The van der Waals surface area contributed by atoms with E-state index in [-0.39, 0.29) is 6.10 Å². The summed E-state index contributed by atoms with van der Waals surface area (Å²) < 4.78 is 66.2. The highest BCUT2D eigenvalue weighted by Gasteiger charge is 2.47. The van der Waals surface area contributed by atoms with Gasteiger partial charge in [0.1, 0.15) is 11.4 Å². The molecule has 2 aliphatic rings. The van der Waals surface area contributed by atoms with E-state index in [1.807, 2.05) is 0 Å². The molecule has 2 N–H and O–H groups in total. The zero-order chi connectivity index (χ0) is 13.6. The number of halogens is 3. The van der Waals surface area contributed by atoms with Crippen LogP contribution in [0.1, 0.15) is 12.8 Å². The van der Waals surface area contributed by atoms with Crippen LogP contribution in [0, 0.1) is 0 Å². The van der Waals surface area contributed by atoms with Gasteiger partial charge in [0.25, 0.3) is 0 Å². The maximum Gasteiger partial charge on any atom is 0.415 e. The average Bonchev–Trinajstić information content (AvgIpc) is 2.98. The SMILES string of the molecule is NS(=O)(=O)C1C=CC=C(C(F)(F)F)C1OC1CC1. The van der Waals surface area contributed by atoms with Crippen LogP contribution in [0.3, 0.4) is 0 Å². The van der Waals surface area contributed by atoms with E-state index in [9.17, 15) is 21.6 Å². The van der Waals surface area contributed by atoms with Crippen LogP contribution in [0.15, 0.2) is 23.8 Å². The molecule has 0 saturated heterocycles. The van der Waals surface area contributed by atoms with Gasteiger partial charge in [-0.15, -0.1) is 0 Å². The minimum absolute atomic E-state index is 0.309. The van der Waals surface area contributed by atoms with Gasteiger partial charge in [-0.05, 0) is 12.8 Å². The second kappa shape index (κ2) is 4.36. The summed E-state index contributed by atoms with van der Waals surface area (Å²) in [6, 6.07) is 0. The Balaban J connectivity index is 2.33. The lowest BCUT2D eigenvalue weighted by Crippen LogP contribution is -2.44. The highest BCUT2D eigenvalue weighted by atomic mass is 32.2. The lowest BCUT2D eigenvalue weighted by Gasteiger charge is -2.29. The zero-order valence-electron chi connectivity index (χ0n) is 9.22. The molecule has 0 aliphatic heterocycles. The van der Waals surface area contributed by atoms with E-state index in [2.05, 4.69) is 0 Å². The molecule has 2 atom stereocenters. The first-order valence-corrected chi connectivity index (χ1v) is 6.93. The molecule has 0 heterocycles. The summed E-state index contributed by atoms with van der Waals surface area (Å²) in [7, 11) is -4.14. The van der Waals surface area contributed by atoms with Crippen LogP contribution < -0.4 is 5.14 Å². The molecular formula is C10H12F3NO3S. The molecule has 1 saturated carbocycles. The molecule has 2 aliphatic carbocycles. The second-order valence-electron chi connectivity index (χ2n) is 4.31. The number of primary sulfonamides is 1. The van der Waals surface area contributed by atoms with Crippen molar-refractivity contribution < 1.29 is 26.3 Å². The summed E-state index contributed by atoms with van der Waals surface area (Å²) in [5.74, 6) is 0. The first-order valence-electron chi connectivity index (χ1n) is 5.32. The Labute approximate surface area is 102 Å². The van der Waals surface area contributed by atoms with Crippen LogP contribution in [0.25, 0.3) is 0 Å². The van der Waals surface area contributed by atoms with Gasteiger partial charge in [-0.3, -0.25) is 0 Å². The number of allylic oxidation sites excluding steroid dienone is 2. The van der Waals surface area contributed by atoms with E-state index < -0.39 is 33.1 Å². The first kappa shape index (κ1) is 13.6. The molecule has 2 unspecified atom stereocenters. The second-order valence-corrected chi connectivity index (χ2v) is 6.04. The third kappa shape index (κ3) is 2.93. The number of sulfonamides is 1. The van der Waals surface area contributed by atoms with Crippen LogP contribution in [0.2, 0.25) is 0 Å². The molecule has 0 aromatic carbocycles. The van der Waals surface area contributed by atoms with Crippen LogP contribution in [-0.4, -0.2) is 32.1 Å². The Morgan fingerprint density at radius 3 is 2.39 bits per heavy atom. The largest absolute Gasteiger partial charge is 0.415 e. The maximum atomic E-state index is 12.8. The highest BCUT2D eigenvalue weighted by molar-refractivity contribution is 7.90. The molecule has 102 valence electrons. The summed E-state index contributed by atoms with van der Waals surface area (Å²) in [6.07, 6.45) is -2.23. The Morgan fingerprint density at radius 1 is 1.33 bits per heavy atom. The van der Waals surface area contributed by atoms with Gasteiger partial charge in [-0.2, -0.15) is 13.2 Å². The fourth-order valence-corrected chi connectivity index (χ4v) is 2.61. The molecular weight excluding hydrogens is 271 g/mol. The van der Waals surface area contributed by atoms with Crippen molar-refractivity contribution in [3.8, 4) is 0 Å². The number of hydrogen-bond acceptors (Lipinski definition) is 3. The number of rotatable bonds is 3. The van der Waals surface area contributed by atoms with E-state index in [1.165, 1.54) is 0 Å². The van der Waals surface area contributed by atoms with E-state index in [1.54, 1.807) is 0 Å². The van der Waals surface area contributed by atoms with Crippen LogP contribution in [0.4, 0.5) is 13.2 Å². The molecule has 2 rings (SSSR count). The molecule has 4 nitrogen and oxygen atoms in total. The van der Waals surface area contributed by atoms with Crippen molar-refractivity contribution >= 4 is 10.0 Å². The summed E-state index contributed by atoms with van der Waals surface area (Å²) in [6.45, 7) is 0. The average molecular weight is 283 g/mol. The van der Waals surface area contributed by atoms with Gasteiger partial charge in [-0.25, -0.2) is 13.6 Å². The Morgan fingerprint density at radius 2 is 1.94 bits per heavy atom. The molecule has 0 bridgehead atoms. The van der Waals surface area contributed by atoms with E-state index in [0.717, 1.165) is 18.2 Å². The lowest BCUT2D eigenvalue weighted by molar-refractivity contribution is -0.112. The van der Waals surface area contributed by atoms with E-state index in [4.69, 9.17) is 9.88 Å². The summed E-state index contributed by atoms with van der Waals surface area (Å²) in [4.78, 5) is 0. The first-order chi connectivity index (χ1) is 8.19. The van der Waals surface area contributed by atoms with Gasteiger partial charge in [0, 0.05) is 0 Å².